The summed E-state index contributed by atoms with van der Waals surface area (Å²) in [4.78, 5) is 34.0. The maximum atomic E-state index is 13.4. The van der Waals surface area contributed by atoms with Crippen LogP contribution in [0.4, 0.5) is 24.7 Å². The number of aromatic nitrogens is 1. The quantitative estimate of drug-likeness (QED) is 0.388. The highest BCUT2D eigenvalue weighted by Crippen LogP contribution is 2.33. The number of benzene rings is 2. The Balaban J connectivity index is 0.000000472. The van der Waals surface area contributed by atoms with E-state index in [0.717, 1.165) is 73.8 Å². The average molecular weight is 596 g/mol. The van der Waals surface area contributed by atoms with Gasteiger partial charge in [-0.15, -0.1) is 0 Å². The summed E-state index contributed by atoms with van der Waals surface area (Å²) in [6.07, 6.45) is 1.66. The molecule has 3 aromatic rings. The van der Waals surface area contributed by atoms with Crippen LogP contribution in [0.1, 0.15) is 41.6 Å². The molecule has 1 atom stereocenters. The highest BCUT2D eigenvalue weighted by Gasteiger charge is 2.38. The largest absolute Gasteiger partial charge is 0.490 e. The molecule has 4 heterocycles. The highest BCUT2D eigenvalue weighted by molar-refractivity contribution is 5.95. The van der Waals surface area contributed by atoms with E-state index in [4.69, 9.17) is 14.9 Å². The van der Waals surface area contributed by atoms with Crippen LogP contribution in [-0.2, 0) is 11.3 Å². The average Bonchev–Trinajstić information content (AvgIpc) is 3.70. The topological polar surface area (TPSA) is 89.0 Å². The van der Waals surface area contributed by atoms with Crippen LogP contribution < -0.4 is 10.2 Å². The molecule has 43 heavy (non-hydrogen) atoms. The molecule has 0 aliphatic carbocycles. The number of carbonyl (C=O) groups excluding carboxylic acids is 1. The van der Waals surface area contributed by atoms with E-state index >= 15 is 0 Å². The van der Waals surface area contributed by atoms with Gasteiger partial charge in [0.15, 0.2) is 0 Å². The van der Waals surface area contributed by atoms with E-state index in [1.54, 1.807) is 0 Å². The molecule has 2 N–H and O–H groups in total. The minimum atomic E-state index is -5.08. The summed E-state index contributed by atoms with van der Waals surface area (Å²) in [5.41, 5.74) is 5.36. The molecule has 1 aromatic heterocycles. The van der Waals surface area contributed by atoms with Crippen molar-refractivity contribution in [2.45, 2.75) is 44.4 Å². The van der Waals surface area contributed by atoms with E-state index in [1.165, 1.54) is 31.5 Å². The minimum Gasteiger partial charge on any atom is -0.475 e. The van der Waals surface area contributed by atoms with Gasteiger partial charge in [0.1, 0.15) is 5.82 Å². The fourth-order valence-corrected chi connectivity index (χ4v) is 5.91. The zero-order valence-electron chi connectivity index (χ0n) is 23.9. The first-order valence-corrected chi connectivity index (χ1v) is 14.7. The van der Waals surface area contributed by atoms with Crippen molar-refractivity contribution in [1.29, 1.82) is 0 Å². The molecule has 3 aliphatic heterocycles. The molecule has 0 spiro atoms. The molecule has 6 rings (SSSR count). The first kappa shape index (κ1) is 30.3. The zero-order valence-corrected chi connectivity index (χ0v) is 23.9. The second kappa shape index (κ2) is 13.5. The number of aliphatic carboxylic acids is 1. The minimum absolute atomic E-state index is 0.171. The summed E-state index contributed by atoms with van der Waals surface area (Å²) < 4.78 is 31.7. The predicted octanol–water partition coefficient (Wildman–Crippen LogP) is 5.51. The third kappa shape index (κ3) is 7.64. The Hall–Kier alpha value is -4.12. The van der Waals surface area contributed by atoms with Gasteiger partial charge in [-0.25, -0.2) is 9.78 Å². The van der Waals surface area contributed by atoms with Gasteiger partial charge in [-0.3, -0.25) is 4.79 Å². The van der Waals surface area contributed by atoms with Crippen molar-refractivity contribution in [3.05, 3.63) is 78.0 Å². The van der Waals surface area contributed by atoms with Crippen molar-refractivity contribution in [1.82, 2.24) is 14.8 Å². The number of hydrogen-bond acceptors (Lipinski definition) is 6. The molecule has 1 amide bonds. The van der Waals surface area contributed by atoms with Gasteiger partial charge in [0.2, 0.25) is 0 Å². The number of amides is 1. The Morgan fingerprint density at radius 3 is 2.30 bits per heavy atom. The molecule has 0 unspecified atom stereocenters. The predicted molar refractivity (Wildman–Crippen MR) is 159 cm³/mol. The van der Waals surface area contributed by atoms with Gasteiger partial charge in [-0.1, -0.05) is 42.5 Å². The Labute approximate surface area is 249 Å². The molecule has 0 saturated carbocycles. The second-order valence-electron chi connectivity index (χ2n) is 11.1. The van der Waals surface area contributed by atoms with Gasteiger partial charge in [0.05, 0.1) is 5.69 Å². The Morgan fingerprint density at radius 2 is 1.63 bits per heavy atom. The van der Waals surface area contributed by atoms with Crippen molar-refractivity contribution in [2.75, 3.05) is 49.5 Å². The number of carboxylic acids is 1. The van der Waals surface area contributed by atoms with Gasteiger partial charge < -0.3 is 25.1 Å². The standard InChI is InChI=1S/C30H35N5O.C2HF3O2/c36-30(35-17-6-9-27(35)22-33-15-4-5-16-33)25-12-10-24(11-13-25)26-19-28-29(32-20-26)31-14-18-34(28)21-23-7-2-1-3-8-23;3-2(4,5)1(6)7/h1-3,7-8,10-13,19-20,27H,4-6,9,14-18,21-22H2,(H,31,32);(H,6,7)/t27-;/m0./s1. The van der Waals surface area contributed by atoms with Crippen LogP contribution in [0.15, 0.2) is 66.9 Å². The van der Waals surface area contributed by atoms with Gasteiger partial charge in [0.25, 0.3) is 5.91 Å². The Bertz CT molecular complexity index is 1400. The molecule has 0 bridgehead atoms. The number of carbonyl (C=O) groups is 2. The van der Waals surface area contributed by atoms with Gasteiger partial charge in [-0.2, -0.15) is 13.2 Å². The van der Waals surface area contributed by atoms with Crippen LogP contribution >= 0.6 is 0 Å². The second-order valence-corrected chi connectivity index (χ2v) is 11.1. The SMILES string of the molecule is O=C(O)C(F)(F)F.O=C(c1ccc(-c2cnc3c(c2)N(Cc2ccccc2)CCN3)cc1)N1CCC[C@H]1CN1CCCC1. The smallest absolute Gasteiger partial charge is 0.475 e. The molecule has 2 aromatic carbocycles. The van der Waals surface area contributed by atoms with E-state index < -0.39 is 12.1 Å². The van der Waals surface area contributed by atoms with Crippen LogP contribution in [0.5, 0.6) is 0 Å². The summed E-state index contributed by atoms with van der Waals surface area (Å²) in [5.74, 6) is -1.65. The lowest BCUT2D eigenvalue weighted by Crippen LogP contribution is -2.42. The van der Waals surface area contributed by atoms with Crippen LogP contribution in [0.2, 0.25) is 0 Å². The summed E-state index contributed by atoms with van der Waals surface area (Å²) >= 11 is 0. The number of hydrogen-bond donors (Lipinski definition) is 2. The summed E-state index contributed by atoms with van der Waals surface area (Å²) in [6, 6.07) is 21.3. The Kier molecular flexibility index (Phi) is 9.49. The maximum absolute atomic E-state index is 13.4. The first-order chi connectivity index (χ1) is 20.7. The number of pyridine rings is 1. The molecule has 228 valence electrons. The fourth-order valence-electron chi connectivity index (χ4n) is 5.91. The molecule has 3 aliphatic rings. The normalized spacial score (nSPS) is 18.4. The Morgan fingerprint density at radius 1 is 0.930 bits per heavy atom. The van der Waals surface area contributed by atoms with E-state index in [9.17, 15) is 18.0 Å². The van der Waals surface area contributed by atoms with Crippen molar-refractivity contribution < 1.29 is 27.9 Å². The number of halogens is 3. The van der Waals surface area contributed by atoms with E-state index in [2.05, 4.69) is 68.5 Å². The van der Waals surface area contributed by atoms with E-state index in [0.29, 0.717) is 6.04 Å². The third-order valence-corrected chi connectivity index (χ3v) is 8.11. The van der Waals surface area contributed by atoms with Gasteiger partial charge in [-0.05, 0) is 68.1 Å². The van der Waals surface area contributed by atoms with Crippen molar-refractivity contribution in [2.24, 2.45) is 0 Å². The number of nitrogens with one attached hydrogen (secondary N) is 1. The lowest BCUT2D eigenvalue weighted by molar-refractivity contribution is -0.192. The summed E-state index contributed by atoms with van der Waals surface area (Å²) in [7, 11) is 0. The van der Waals surface area contributed by atoms with Gasteiger partial charge in [0, 0.05) is 56.1 Å². The molecule has 2 fully saturated rings. The van der Waals surface area contributed by atoms with E-state index in [1.807, 2.05) is 18.3 Å². The maximum Gasteiger partial charge on any atom is 0.490 e. The fraction of sp³-hybridized carbons (Fsp3) is 0.406. The number of nitrogens with zero attached hydrogens (tertiary/aromatic N) is 4. The monoisotopic (exact) mass is 595 g/mol. The molecule has 2 saturated heterocycles. The highest BCUT2D eigenvalue weighted by atomic mass is 19.4. The number of anilines is 2. The number of carboxylic acid groups (broad SMARTS) is 1. The molecule has 11 heteroatoms. The van der Waals surface area contributed by atoms with Crippen LogP contribution in [0.25, 0.3) is 11.1 Å². The van der Waals surface area contributed by atoms with Crippen LogP contribution in [0, 0.1) is 0 Å². The molecular weight excluding hydrogens is 559 g/mol. The molecule has 0 radical (unpaired) electrons. The van der Waals surface area contributed by atoms with E-state index in [-0.39, 0.29) is 5.91 Å². The summed E-state index contributed by atoms with van der Waals surface area (Å²) in [5, 5.41) is 10.6. The summed E-state index contributed by atoms with van der Waals surface area (Å²) in [6.45, 7) is 6.95. The number of rotatable bonds is 6. The van der Waals surface area contributed by atoms with Crippen molar-refractivity contribution in [3.63, 3.8) is 0 Å². The molecule has 8 nitrogen and oxygen atoms in total. The third-order valence-electron chi connectivity index (χ3n) is 8.11. The molecular formula is C32H36F3N5O3. The van der Waals surface area contributed by atoms with Crippen molar-refractivity contribution >= 4 is 23.4 Å². The zero-order chi connectivity index (χ0) is 30.4. The number of alkyl halides is 3. The van der Waals surface area contributed by atoms with Gasteiger partial charge >= 0.3 is 12.1 Å². The van der Waals surface area contributed by atoms with Crippen LogP contribution in [-0.4, -0.2) is 83.3 Å². The lowest BCUT2D eigenvalue weighted by Gasteiger charge is -2.31. The number of likely N-dealkylation sites (tertiary alicyclic amines) is 2. The first-order valence-electron chi connectivity index (χ1n) is 14.7. The van der Waals surface area contributed by atoms with Crippen molar-refractivity contribution in [3.8, 4) is 11.1 Å². The van der Waals surface area contributed by atoms with Crippen LogP contribution in [0.3, 0.4) is 0 Å². The number of fused-ring (bicyclic) bond motifs is 1. The lowest BCUT2D eigenvalue weighted by atomic mass is 10.0.